The zero-order valence-corrected chi connectivity index (χ0v) is 10.4. The van der Waals surface area contributed by atoms with Gasteiger partial charge in [-0.05, 0) is 31.0 Å². The van der Waals surface area contributed by atoms with Crippen molar-refractivity contribution in [1.29, 1.82) is 0 Å². The normalized spacial score (nSPS) is 20.3. The molecule has 1 fully saturated rings. The maximum atomic E-state index is 13.4. The number of halogens is 5. The van der Waals surface area contributed by atoms with Gasteiger partial charge in [-0.2, -0.15) is 13.2 Å². The summed E-state index contributed by atoms with van der Waals surface area (Å²) in [5.74, 6) is -1.19. The molecule has 1 aromatic rings. The lowest BCUT2D eigenvalue weighted by molar-refractivity contribution is -0.140. The van der Waals surface area contributed by atoms with Gasteiger partial charge in [0.1, 0.15) is 5.82 Å². The first kappa shape index (κ1) is 15.2. The molecule has 2 rings (SSSR count). The summed E-state index contributed by atoms with van der Waals surface area (Å²) in [6.45, 7) is 0.679. The highest BCUT2D eigenvalue weighted by Gasteiger charge is 2.38. The summed E-state index contributed by atoms with van der Waals surface area (Å²) < 4.78 is 51.7. The fourth-order valence-electron chi connectivity index (χ4n) is 2.25. The predicted molar refractivity (Wildman–Crippen MR) is 63.2 cm³/mol. The van der Waals surface area contributed by atoms with E-state index in [1.54, 1.807) is 0 Å². The Morgan fingerprint density at radius 2 is 1.89 bits per heavy atom. The van der Waals surface area contributed by atoms with E-state index in [4.69, 9.17) is 0 Å². The van der Waals surface area contributed by atoms with Gasteiger partial charge in [-0.15, -0.1) is 12.4 Å². The number of alkyl halides is 3. The summed E-state index contributed by atoms with van der Waals surface area (Å²) in [7, 11) is 0. The number of nitrogens with one attached hydrogen (secondary N) is 1. The van der Waals surface area contributed by atoms with Crippen molar-refractivity contribution >= 4 is 12.4 Å². The summed E-state index contributed by atoms with van der Waals surface area (Å²) in [6, 6.07) is 3.15. The van der Waals surface area contributed by atoms with Crippen LogP contribution in [0.5, 0.6) is 0 Å². The molecule has 1 N–H and O–H groups in total. The fraction of sp³-hybridized carbons (Fsp3) is 0.500. The van der Waals surface area contributed by atoms with Crippen LogP contribution in [0.4, 0.5) is 17.6 Å². The van der Waals surface area contributed by atoms with Gasteiger partial charge >= 0.3 is 6.18 Å². The highest BCUT2D eigenvalue weighted by molar-refractivity contribution is 5.85. The molecule has 1 heterocycles. The maximum Gasteiger partial charge on any atom is 0.419 e. The standard InChI is InChI=1S/C12H13F4N.ClH/c13-9-5-3-4-8(11(9)12(14,15)16)10-6-1-2-7-17-10;/h3-5,10,17H,1-2,6-7H2;1H/t10-;/m1./s1. The molecule has 1 aliphatic heterocycles. The average Bonchev–Trinajstić information content (AvgIpc) is 2.28. The topological polar surface area (TPSA) is 12.0 Å². The fourth-order valence-corrected chi connectivity index (χ4v) is 2.25. The molecule has 0 unspecified atom stereocenters. The minimum Gasteiger partial charge on any atom is -0.310 e. The van der Waals surface area contributed by atoms with E-state index in [0.717, 1.165) is 18.9 Å². The summed E-state index contributed by atoms with van der Waals surface area (Å²) >= 11 is 0. The highest BCUT2D eigenvalue weighted by atomic mass is 35.5. The summed E-state index contributed by atoms with van der Waals surface area (Å²) in [5.41, 5.74) is -1.10. The minimum atomic E-state index is -4.64. The molecular formula is C12H14ClF4N. The molecule has 0 radical (unpaired) electrons. The molecule has 0 spiro atoms. The maximum absolute atomic E-state index is 13.4. The molecule has 0 amide bonds. The molecule has 0 bridgehead atoms. The van der Waals surface area contributed by atoms with Crippen molar-refractivity contribution in [2.45, 2.75) is 31.5 Å². The van der Waals surface area contributed by atoms with Gasteiger partial charge in [-0.1, -0.05) is 18.6 Å². The quantitative estimate of drug-likeness (QED) is 0.766. The van der Waals surface area contributed by atoms with Crippen LogP contribution >= 0.6 is 12.4 Å². The molecule has 0 aliphatic carbocycles. The lowest BCUT2D eigenvalue weighted by Crippen LogP contribution is -2.29. The Labute approximate surface area is 109 Å². The largest absolute Gasteiger partial charge is 0.419 e. The van der Waals surface area contributed by atoms with Crippen molar-refractivity contribution in [3.8, 4) is 0 Å². The Morgan fingerprint density at radius 1 is 1.17 bits per heavy atom. The van der Waals surface area contributed by atoms with Crippen LogP contribution in [0.1, 0.15) is 36.4 Å². The second-order valence-electron chi connectivity index (χ2n) is 4.20. The Morgan fingerprint density at radius 3 is 2.44 bits per heavy atom. The van der Waals surface area contributed by atoms with E-state index >= 15 is 0 Å². The summed E-state index contributed by atoms with van der Waals surface area (Å²) in [5, 5.41) is 3.01. The molecule has 0 aromatic heterocycles. The molecule has 102 valence electrons. The lowest BCUT2D eigenvalue weighted by Gasteiger charge is -2.26. The van der Waals surface area contributed by atoms with E-state index in [-0.39, 0.29) is 18.0 Å². The Bertz CT molecular complexity index is 400. The average molecular weight is 284 g/mol. The monoisotopic (exact) mass is 283 g/mol. The summed E-state index contributed by atoms with van der Waals surface area (Å²) in [4.78, 5) is 0. The van der Waals surface area contributed by atoms with E-state index in [0.29, 0.717) is 13.0 Å². The third-order valence-corrected chi connectivity index (χ3v) is 3.02. The Hall–Kier alpha value is -0.810. The number of hydrogen-bond acceptors (Lipinski definition) is 1. The van der Waals surface area contributed by atoms with E-state index in [1.165, 1.54) is 12.1 Å². The van der Waals surface area contributed by atoms with Crippen LogP contribution in [0.2, 0.25) is 0 Å². The number of hydrogen-bond donors (Lipinski definition) is 1. The Balaban J connectivity index is 0.00000162. The molecule has 1 aromatic carbocycles. The molecule has 0 saturated carbocycles. The SMILES string of the molecule is Cl.Fc1cccc([C@H]2CCCCN2)c1C(F)(F)F. The van der Waals surface area contributed by atoms with Crippen molar-refractivity contribution in [3.63, 3.8) is 0 Å². The molecule has 18 heavy (non-hydrogen) atoms. The second kappa shape index (κ2) is 5.89. The van der Waals surface area contributed by atoms with Gasteiger partial charge in [0.15, 0.2) is 0 Å². The van der Waals surface area contributed by atoms with Crippen LogP contribution in [-0.4, -0.2) is 6.54 Å². The van der Waals surface area contributed by atoms with E-state index in [1.807, 2.05) is 0 Å². The third kappa shape index (κ3) is 3.14. The predicted octanol–water partition coefficient (Wildman–Crippen LogP) is 4.08. The molecule has 1 atom stereocenters. The van der Waals surface area contributed by atoms with Crippen molar-refractivity contribution < 1.29 is 17.6 Å². The zero-order chi connectivity index (χ0) is 12.5. The van der Waals surface area contributed by atoms with E-state index in [9.17, 15) is 17.6 Å². The number of rotatable bonds is 1. The molecule has 1 nitrogen and oxygen atoms in total. The molecule has 6 heteroatoms. The van der Waals surface area contributed by atoms with Crippen molar-refractivity contribution in [2.24, 2.45) is 0 Å². The van der Waals surface area contributed by atoms with Crippen molar-refractivity contribution in [3.05, 3.63) is 35.1 Å². The molecular weight excluding hydrogens is 270 g/mol. The zero-order valence-electron chi connectivity index (χ0n) is 9.56. The molecule has 1 saturated heterocycles. The number of benzene rings is 1. The van der Waals surface area contributed by atoms with Crippen LogP contribution in [0.15, 0.2) is 18.2 Å². The van der Waals surface area contributed by atoms with Crippen LogP contribution in [0, 0.1) is 5.82 Å². The minimum absolute atomic E-state index is 0. The lowest BCUT2D eigenvalue weighted by atomic mass is 9.93. The highest BCUT2D eigenvalue weighted by Crippen LogP contribution is 2.38. The van der Waals surface area contributed by atoms with Crippen LogP contribution in [0.25, 0.3) is 0 Å². The van der Waals surface area contributed by atoms with Crippen LogP contribution < -0.4 is 5.32 Å². The first-order valence-corrected chi connectivity index (χ1v) is 5.59. The molecule has 1 aliphatic rings. The van der Waals surface area contributed by atoms with Gasteiger partial charge in [0.05, 0.1) is 5.56 Å². The first-order valence-electron chi connectivity index (χ1n) is 5.59. The van der Waals surface area contributed by atoms with E-state index in [2.05, 4.69) is 5.32 Å². The van der Waals surface area contributed by atoms with Gasteiger partial charge in [0.2, 0.25) is 0 Å². The van der Waals surface area contributed by atoms with Crippen molar-refractivity contribution in [2.75, 3.05) is 6.54 Å². The van der Waals surface area contributed by atoms with Gasteiger partial charge in [-0.3, -0.25) is 0 Å². The van der Waals surface area contributed by atoms with Crippen LogP contribution in [-0.2, 0) is 6.18 Å². The van der Waals surface area contributed by atoms with Crippen LogP contribution in [0.3, 0.4) is 0 Å². The first-order chi connectivity index (χ1) is 8.00. The van der Waals surface area contributed by atoms with Gasteiger partial charge in [0, 0.05) is 6.04 Å². The van der Waals surface area contributed by atoms with Gasteiger partial charge < -0.3 is 5.32 Å². The second-order valence-corrected chi connectivity index (χ2v) is 4.20. The van der Waals surface area contributed by atoms with E-state index < -0.39 is 23.6 Å². The van der Waals surface area contributed by atoms with Gasteiger partial charge in [-0.25, -0.2) is 4.39 Å². The van der Waals surface area contributed by atoms with Crippen molar-refractivity contribution in [1.82, 2.24) is 5.32 Å². The third-order valence-electron chi connectivity index (χ3n) is 3.02. The smallest absolute Gasteiger partial charge is 0.310 e. The summed E-state index contributed by atoms with van der Waals surface area (Å²) in [6.07, 6.45) is -2.20. The number of piperidine rings is 1. The Kier molecular flexibility index (Phi) is 4.99. The van der Waals surface area contributed by atoms with Gasteiger partial charge in [0.25, 0.3) is 0 Å².